The van der Waals surface area contributed by atoms with Crippen LogP contribution in [-0.2, 0) is 13.1 Å². The van der Waals surface area contributed by atoms with Gasteiger partial charge in [0.1, 0.15) is 5.76 Å². The largest absolute Gasteiger partial charge is 0.467 e. The Kier molecular flexibility index (Phi) is 5.64. The molecule has 0 saturated heterocycles. The van der Waals surface area contributed by atoms with Crippen molar-refractivity contribution in [1.29, 1.82) is 0 Å². The number of aliphatic imine (C=N–C) groups is 1. The second-order valence-electron chi connectivity index (χ2n) is 5.51. The quantitative estimate of drug-likeness (QED) is 0.656. The van der Waals surface area contributed by atoms with E-state index in [9.17, 15) is 0 Å². The van der Waals surface area contributed by atoms with E-state index >= 15 is 0 Å². The van der Waals surface area contributed by atoms with E-state index < -0.39 is 0 Å². The van der Waals surface area contributed by atoms with Crippen LogP contribution in [-0.4, -0.2) is 12.5 Å². The highest BCUT2D eigenvalue weighted by molar-refractivity contribution is 5.79. The number of aryl methyl sites for hydroxylation is 3. The first-order chi connectivity index (χ1) is 10.6. The monoisotopic (exact) mass is 299 g/mol. The van der Waals surface area contributed by atoms with Crippen LogP contribution >= 0.6 is 0 Å². The lowest BCUT2D eigenvalue weighted by molar-refractivity contribution is 0.501. The molecule has 118 valence electrons. The number of furan rings is 1. The normalized spacial score (nSPS) is 11.5. The second-order valence-corrected chi connectivity index (χ2v) is 5.51. The lowest BCUT2D eigenvalue weighted by atomic mass is 10.00. The van der Waals surface area contributed by atoms with Crippen LogP contribution in [0.15, 0.2) is 39.9 Å². The van der Waals surface area contributed by atoms with Crippen LogP contribution in [0.5, 0.6) is 0 Å². The molecule has 0 aliphatic rings. The minimum absolute atomic E-state index is 0.630. The van der Waals surface area contributed by atoms with E-state index in [4.69, 9.17) is 4.42 Å². The number of hydrogen-bond acceptors (Lipinski definition) is 2. The van der Waals surface area contributed by atoms with Crippen molar-refractivity contribution in [3.8, 4) is 0 Å². The molecule has 0 spiro atoms. The molecular weight excluding hydrogens is 274 g/mol. The molecule has 0 amide bonds. The van der Waals surface area contributed by atoms with Gasteiger partial charge in [-0.15, -0.1) is 0 Å². The van der Waals surface area contributed by atoms with E-state index in [0.717, 1.165) is 18.3 Å². The van der Waals surface area contributed by atoms with Crippen LogP contribution in [0.1, 0.15) is 34.9 Å². The number of benzene rings is 1. The summed E-state index contributed by atoms with van der Waals surface area (Å²) < 4.78 is 5.33. The Morgan fingerprint density at radius 3 is 2.45 bits per heavy atom. The third-order valence-electron chi connectivity index (χ3n) is 3.59. The molecule has 2 N–H and O–H groups in total. The molecule has 1 heterocycles. The van der Waals surface area contributed by atoms with E-state index in [1.54, 1.807) is 6.26 Å². The molecule has 0 saturated carbocycles. The Bertz CT molecular complexity index is 607. The zero-order valence-corrected chi connectivity index (χ0v) is 13.9. The zero-order valence-electron chi connectivity index (χ0n) is 13.9. The predicted octanol–water partition coefficient (Wildman–Crippen LogP) is 3.46. The van der Waals surface area contributed by atoms with Gasteiger partial charge in [0.05, 0.1) is 19.4 Å². The maximum Gasteiger partial charge on any atom is 0.191 e. The van der Waals surface area contributed by atoms with Crippen molar-refractivity contribution in [2.75, 3.05) is 6.54 Å². The lowest BCUT2D eigenvalue weighted by Gasteiger charge is -2.12. The van der Waals surface area contributed by atoms with E-state index in [2.05, 4.69) is 55.5 Å². The Hall–Kier alpha value is -2.23. The number of nitrogens with zero attached hydrogens (tertiary/aromatic N) is 1. The molecule has 0 radical (unpaired) electrons. The molecule has 4 heteroatoms. The third-order valence-corrected chi connectivity index (χ3v) is 3.59. The third kappa shape index (κ3) is 4.38. The summed E-state index contributed by atoms with van der Waals surface area (Å²) in [4.78, 5) is 4.69. The summed E-state index contributed by atoms with van der Waals surface area (Å²) in [7, 11) is 0. The molecule has 0 aliphatic heterocycles. The molecule has 0 unspecified atom stereocenters. The standard InChI is InChI=1S/C18H25N3O/c1-5-19-18(20-11-16-7-6-8-22-16)21-12-17-14(3)9-13(2)10-15(17)4/h6-10H,5,11-12H2,1-4H3,(H2,19,20,21). The number of guanidine groups is 1. The average Bonchev–Trinajstić information content (AvgIpc) is 2.96. The Morgan fingerprint density at radius 2 is 1.86 bits per heavy atom. The summed E-state index contributed by atoms with van der Waals surface area (Å²) in [6.45, 7) is 10.6. The fraction of sp³-hybridized carbons (Fsp3) is 0.389. The summed E-state index contributed by atoms with van der Waals surface area (Å²) >= 11 is 0. The maximum absolute atomic E-state index is 5.33. The lowest BCUT2D eigenvalue weighted by Crippen LogP contribution is -2.36. The molecule has 0 atom stereocenters. The maximum atomic E-state index is 5.33. The van der Waals surface area contributed by atoms with Gasteiger partial charge in [-0.2, -0.15) is 0 Å². The molecule has 1 aromatic heterocycles. The first-order valence-electron chi connectivity index (χ1n) is 7.71. The van der Waals surface area contributed by atoms with Crippen LogP contribution in [0.3, 0.4) is 0 Å². The predicted molar refractivity (Wildman–Crippen MR) is 91.0 cm³/mol. The Balaban J connectivity index is 2.06. The van der Waals surface area contributed by atoms with E-state index in [0.29, 0.717) is 13.1 Å². The first-order valence-corrected chi connectivity index (χ1v) is 7.71. The van der Waals surface area contributed by atoms with Gasteiger partial charge in [-0.3, -0.25) is 0 Å². The average molecular weight is 299 g/mol. The first kappa shape index (κ1) is 16.1. The number of hydrogen-bond donors (Lipinski definition) is 2. The molecule has 2 aromatic rings. The van der Waals surface area contributed by atoms with Crippen molar-refractivity contribution in [3.63, 3.8) is 0 Å². The van der Waals surface area contributed by atoms with Crippen molar-refractivity contribution in [3.05, 3.63) is 58.5 Å². The van der Waals surface area contributed by atoms with E-state index in [-0.39, 0.29) is 0 Å². The summed E-state index contributed by atoms with van der Waals surface area (Å²) in [5.74, 6) is 1.70. The topological polar surface area (TPSA) is 49.6 Å². The van der Waals surface area contributed by atoms with Crippen molar-refractivity contribution in [2.45, 2.75) is 40.8 Å². The Morgan fingerprint density at radius 1 is 1.14 bits per heavy atom. The van der Waals surface area contributed by atoms with Gasteiger partial charge < -0.3 is 15.1 Å². The fourth-order valence-corrected chi connectivity index (χ4v) is 2.54. The van der Waals surface area contributed by atoms with Crippen molar-refractivity contribution in [2.24, 2.45) is 4.99 Å². The van der Waals surface area contributed by atoms with Crippen molar-refractivity contribution < 1.29 is 4.42 Å². The highest BCUT2D eigenvalue weighted by atomic mass is 16.3. The molecule has 1 aromatic carbocycles. The van der Waals surface area contributed by atoms with Gasteiger partial charge in [0.15, 0.2) is 5.96 Å². The van der Waals surface area contributed by atoms with Gasteiger partial charge in [0.25, 0.3) is 0 Å². The van der Waals surface area contributed by atoms with Gasteiger partial charge in [0, 0.05) is 6.54 Å². The minimum atomic E-state index is 0.630. The van der Waals surface area contributed by atoms with Crippen molar-refractivity contribution >= 4 is 5.96 Å². The molecular formula is C18H25N3O. The van der Waals surface area contributed by atoms with Crippen LogP contribution in [0.25, 0.3) is 0 Å². The summed E-state index contributed by atoms with van der Waals surface area (Å²) in [5, 5.41) is 6.55. The smallest absolute Gasteiger partial charge is 0.191 e. The summed E-state index contributed by atoms with van der Waals surface area (Å²) in [6.07, 6.45) is 1.68. The summed E-state index contributed by atoms with van der Waals surface area (Å²) in [6, 6.07) is 8.26. The zero-order chi connectivity index (χ0) is 15.9. The van der Waals surface area contributed by atoms with Gasteiger partial charge in [-0.25, -0.2) is 4.99 Å². The molecule has 0 bridgehead atoms. The number of rotatable bonds is 5. The fourth-order valence-electron chi connectivity index (χ4n) is 2.54. The minimum Gasteiger partial charge on any atom is -0.467 e. The second kappa shape index (κ2) is 7.69. The highest BCUT2D eigenvalue weighted by Crippen LogP contribution is 2.17. The SMILES string of the molecule is CCNC(=NCc1c(C)cc(C)cc1C)NCc1ccco1. The molecule has 4 nitrogen and oxygen atoms in total. The van der Waals surface area contributed by atoms with Gasteiger partial charge in [-0.05, 0) is 56.5 Å². The van der Waals surface area contributed by atoms with Gasteiger partial charge >= 0.3 is 0 Å². The van der Waals surface area contributed by atoms with Crippen LogP contribution in [0.4, 0.5) is 0 Å². The molecule has 0 fully saturated rings. The van der Waals surface area contributed by atoms with Crippen LogP contribution in [0, 0.1) is 20.8 Å². The highest BCUT2D eigenvalue weighted by Gasteiger charge is 2.05. The van der Waals surface area contributed by atoms with Crippen LogP contribution < -0.4 is 10.6 Å². The van der Waals surface area contributed by atoms with Gasteiger partial charge in [-0.1, -0.05) is 17.7 Å². The molecule has 0 aliphatic carbocycles. The number of nitrogens with one attached hydrogen (secondary N) is 2. The van der Waals surface area contributed by atoms with Crippen LogP contribution in [0.2, 0.25) is 0 Å². The van der Waals surface area contributed by atoms with E-state index in [1.165, 1.54) is 22.3 Å². The molecule has 22 heavy (non-hydrogen) atoms. The Labute approximate surface area is 132 Å². The van der Waals surface area contributed by atoms with E-state index in [1.807, 2.05) is 12.1 Å². The summed E-state index contributed by atoms with van der Waals surface area (Å²) in [5.41, 5.74) is 5.18. The van der Waals surface area contributed by atoms with Gasteiger partial charge in [0.2, 0.25) is 0 Å². The van der Waals surface area contributed by atoms with Crippen molar-refractivity contribution in [1.82, 2.24) is 10.6 Å². The molecule has 2 rings (SSSR count).